The molecule has 5 nitrogen and oxygen atoms in total. The highest BCUT2D eigenvalue weighted by atomic mass is 19.1. The number of hydrogen-bond donors (Lipinski definition) is 1. The Hall–Kier alpha value is -2.63. The maximum Gasteiger partial charge on any atom is 0.267 e. The molecule has 1 aromatic carbocycles. The van der Waals surface area contributed by atoms with Gasteiger partial charge in [-0.1, -0.05) is 0 Å². The summed E-state index contributed by atoms with van der Waals surface area (Å²) in [6, 6.07) is 6.99. The normalized spacial score (nSPS) is 10.2. The van der Waals surface area contributed by atoms with Crippen LogP contribution in [0.1, 0.15) is 10.5 Å². The van der Waals surface area contributed by atoms with Crippen molar-refractivity contribution in [2.45, 2.75) is 0 Å². The second-order valence-electron chi connectivity index (χ2n) is 3.96. The number of ether oxygens (including phenoxy) is 2. The van der Waals surface area contributed by atoms with Crippen LogP contribution in [0.3, 0.4) is 0 Å². The van der Waals surface area contributed by atoms with Gasteiger partial charge in [0.05, 0.1) is 14.2 Å². The number of hydrogen-bond acceptors (Lipinski definition) is 4. The van der Waals surface area contributed by atoms with Crippen LogP contribution in [-0.2, 0) is 0 Å². The van der Waals surface area contributed by atoms with Crippen LogP contribution in [0.15, 0.2) is 30.3 Å². The number of nitrogens with two attached hydrogens (primary N) is 1. The summed E-state index contributed by atoms with van der Waals surface area (Å²) in [6.45, 7) is 0. The van der Waals surface area contributed by atoms with E-state index < -0.39 is 11.7 Å². The number of nitrogens with zero attached hydrogens (tertiary/aromatic N) is 1. The number of carbonyl (C=O) groups is 1. The molecule has 0 saturated carbocycles. The molecule has 0 unspecified atom stereocenters. The van der Waals surface area contributed by atoms with Crippen LogP contribution in [0.5, 0.6) is 11.5 Å². The van der Waals surface area contributed by atoms with Crippen LogP contribution >= 0.6 is 0 Å². The molecule has 20 heavy (non-hydrogen) atoms. The van der Waals surface area contributed by atoms with E-state index in [0.29, 0.717) is 22.8 Å². The maximum atomic E-state index is 13.4. The number of benzene rings is 1. The molecule has 0 saturated heterocycles. The summed E-state index contributed by atoms with van der Waals surface area (Å²) in [5.74, 6) is -0.323. The molecule has 1 amide bonds. The quantitative estimate of drug-likeness (QED) is 0.926. The Morgan fingerprint density at radius 1 is 1.15 bits per heavy atom. The van der Waals surface area contributed by atoms with Crippen LogP contribution in [0, 0.1) is 5.82 Å². The van der Waals surface area contributed by atoms with Gasteiger partial charge >= 0.3 is 0 Å². The van der Waals surface area contributed by atoms with Gasteiger partial charge in [0.25, 0.3) is 5.91 Å². The molecule has 1 heterocycles. The number of carbonyl (C=O) groups excluding carboxylic acids is 1. The Kier molecular flexibility index (Phi) is 3.84. The van der Waals surface area contributed by atoms with Crippen LogP contribution in [-0.4, -0.2) is 25.1 Å². The fourth-order valence-corrected chi connectivity index (χ4v) is 1.81. The summed E-state index contributed by atoms with van der Waals surface area (Å²) in [5.41, 5.74) is 5.94. The van der Waals surface area contributed by atoms with Gasteiger partial charge in [-0.05, 0) is 30.3 Å². The highest BCUT2D eigenvalue weighted by molar-refractivity contribution is 5.92. The number of aromatic nitrogens is 1. The van der Waals surface area contributed by atoms with Gasteiger partial charge < -0.3 is 15.2 Å². The van der Waals surface area contributed by atoms with Gasteiger partial charge in [0.2, 0.25) is 0 Å². The van der Waals surface area contributed by atoms with Crippen molar-refractivity contribution in [2.24, 2.45) is 5.73 Å². The van der Waals surface area contributed by atoms with E-state index in [-0.39, 0.29) is 5.69 Å². The number of pyridine rings is 1. The smallest absolute Gasteiger partial charge is 0.267 e. The summed E-state index contributed by atoms with van der Waals surface area (Å²) in [6.07, 6.45) is 0. The van der Waals surface area contributed by atoms with E-state index in [1.165, 1.54) is 38.5 Å². The van der Waals surface area contributed by atoms with Crippen LogP contribution in [0.4, 0.5) is 4.39 Å². The third-order valence-corrected chi connectivity index (χ3v) is 2.75. The lowest BCUT2D eigenvalue weighted by molar-refractivity contribution is 0.0995. The van der Waals surface area contributed by atoms with E-state index in [0.717, 1.165) is 0 Å². The summed E-state index contributed by atoms with van der Waals surface area (Å²) >= 11 is 0. The van der Waals surface area contributed by atoms with Crippen LogP contribution < -0.4 is 15.2 Å². The van der Waals surface area contributed by atoms with Crippen molar-refractivity contribution >= 4 is 5.91 Å². The molecular weight excluding hydrogens is 263 g/mol. The zero-order chi connectivity index (χ0) is 14.7. The van der Waals surface area contributed by atoms with Crippen molar-refractivity contribution in [1.82, 2.24) is 4.98 Å². The lowest BCUT2D eigenvalue weighted by atomic mass is 10.1. The first kappa shape index (κ1) is 13.8. The molecule has 0 fully saturated rings. The molecule has 2 rings (SSSR count). The molecule has 0 aliphatic carbocycles. The predicted octanol–water partition coefficient (Wildman–Crippen LogP) is 2.00. The number of rotatable bonds is 4. The summed E-state index contributed by atoms with van der Waals surface area (Å²) < 4.78 is 23.8. The first-order chi connectivity index (χ1) is 9.56. The largest absolute Gasteiger partial charge is 0.496 e. The molecule has 2 N–H and O–H groups in total. The Bertz CT molecular complexity index is 659. The van der Waals surface area contributed by atoms with Gasteiger partial charge in [0, 0.05) is 5.56 Å². The van der Waals surface area contributed by atoms with Crippen LogP contribution in [0.2, 0.25) is 0 Å². The minimum atomic E-state index is -0.677. The van der Waals surface area contributed by atoms with Gasteiger partial charge in [-0.15, -0.1) is 0 Å². The van der Waals surface area contributed by atoms with Gasteiger partial charge in [-0.25, -0.2) is 9.37 Å². The van der Waals surface area contributed by atoms with Crippen molar-refractivity contribution in [3.63, 3.8) is 0 Å². The molecule has 0 bridgehead atoms. The van der Waals surface area contributed by atoms with E-state index in [4.69, 9.17) is 15.2 Å². The molecule has 0 aliphatic rings. The highest BCUT2D eigenvalue weighted by Crippen LogP contribution is 2.35. The molecule has 0 atom stereocenters. The predicted molar refractivity (Wildman–Crippen MR) is 71.3 cm³/mol. The number of methoxy groups -OCH3 is 2. The van der Waals surface area contributed by atoms with E-state index in [2.05, 4.69) is 4.98 Å². The lowest BCUT2D eigenvalue weighted by Crippen LogP contribution is -2.13. The second kappa shape index (κ2) is 5.56. The first-order valence-electron chi connectivity index (χ1n) is 5.75. The number of amides is 1. The topological polar surface area (TPSA) is 74.4 Å². The molecule has 1 aromatic heterocycles. The average molecular weight is 276 g/mol. The van der Waals surface area contributed by atoms with E-state index in [9.17, 15) is 9.18 Å². The molecule has 0 spiro atoms. The fraction of sp³-hybridized carbons (Fsp3) is 0.143. The molecule has 0 aliphatic heterocycles. The van der Waals surface area contributed by atoms with Crippen molar-refractivity contribution < 1.29 is 18.7 Å². The van der Waals surface area contributed by atoms with Crippen molar-refractivity contribution in [3.05, 3.63) is 41.8 Å². The van der Waals surface area contributed by atoms with E-state index in [1.54, 1.807) is 6.07 Å². The first-order valence-corrected chi connectivity index (χ1v) is 5.75. The number of primary amides is 1. The minimum absolute atomic E-state index is 0.0621. The molecule has 104 valence electrons. The van der Waals surface area contributed by atoms with Gasteiger partial charge in [0.1, 0.15) is 28.7 Å². The van der Waals surface area contributed by atoms with E-state index >= 15 is 0 Å². The van der Waals surface area contributed by atoms with Crippen LogP contribution in [0.25, 0.3) is 11.3 Å². The van der Waals surface area contributed by atoms with Crippen molar-refractivity contribution in [1.29, 1.82) is 0 Å². The summed E-state index contributed by atoms with van der Waals surface area (Å²) in [4.78, 5) is 15.3. The van der Waals surface area contributed by atoms with Crippen molar-refractivity contribution in [2.75, 3.05) is 14.2 Å². The van der Waals surface area contributed by atoms with E-state index in [1.807, 2.05) is 0 Å². The van der Waals surface area contributed by atoms with Gasteiger partial charge in [0.15, 0.2) is 0 Å². The molecule has 6 heteroatoms. The zero-order valence-corrected chi connectivity index (χ0v) is 11.0. The molecular formula is C14H13FN2O3. The SMILES string of the molecule is COc1ccc(F)cc1-c1nc(C(N)=O)ccc1OC. The monoisotopic (exact) mass is 276 g/mol. The lowest BCUT2D eigenvalue weighted by Gasteiger charge is -2.12. The molecule has 0 radical (unpaired) electrons. The van der Waals surface area contributed by atoms with Gasteiger partial charge in [-0.3, -0.25) is 4.79 Å². The fourth-order valence-electron chi connectivity index (χ4n) is 1.81. The molecule has 2 aromatic rings. The average Bonchev–Trinajstić information content (AvgIpc) is 2.46. The Morgan fingerprint density at radius 2 is 1.80 bits per heavy atom. The Balaban J connectivity index is 2.69. The third-order valence-electron chi connectivity index (χ3n) is 2.75. The number of halogens is 1. The Labute approximate surface area is 115 Å². The third kappa shape index (κ3) is 2.54. The maximum absolute atomic E-state index is 13.4. The standard InChI is InChI=1S/C14H13FN2O3/c1-19-11-5-3-8(15)7-9(11)13-12(20-2)6-4-10(17-13)14(16)18/h3-7H,1-2H3,(H2,16,18). The van der Waals surface area contributed by atoms with Crippen molar-refractivity contribution in [3.8, 4) is 22.8 Å². The van der Waals surface area contributed by atoms with Gasteiger partial charge in [-0.2, -0.15) is 0 Å². The second-order valence-corrected chi connectivity index (χ2v) is 3.96. The minimum Gasteiger partial charge on any atom is -0.496 e. The zero-order valence-electron chi connectivity index (χ0n) is 11.0. The summed E-state index contributed by atoms with van der Waals surface area (Å²) in [7, 11) is 2.91. The Morgan fingerprint density at radius 3 is 2.40 bits per heavy atom. The highest BCUT2D eigenvalue weighted by Gasteiger charge is 2.16. The summed E-state index contributed by atoms with van der Waals surface area (Å²) in [5, 5.41) is 0.